The second-order valence-electron chi connectivity index (χ2n) is 6.84. The van der Waals surface area contributed by atoms with Gasteiger partial charge in [0, 0.05) is 37.5 Å². The highest BCUT2D eigenvalue weighted by atomic mass is 32.1. The van der Waals surface area contributed by atoms with E-state index in [9.17, 15) is 4.79 Å². The second kappa shape index (κ2) is 8.05. The zero-order chi connectivity index (χ0) is 18.6. The van der Waals surface area contributed by atoms with Crippen LogP contribution in [0.25, 0.3) is 10.2 Å². The first-order valence-corrected chi connectivity index (χ1v) is 10.4. The first-order valence-electron chi connectivity index (χ1n) is 9.54. The maximum absolute atomic E-state index is 12.6. The predicted molar refractivity (Wildman–Crippen MR) is 110 cm³/mol. The van der Waals surface area contributed by atoms with Gasteiger partial charge in [0.2, 0.25) is 5.91 Å². The number of carbonyl (C=O) groups excluding carboxylic acids is 1. The van der Waals surface area contributed by atoms with Gasteiger partial charge in [0.15, 0.2) is 0 Å². The van der Waals surface area contributed by atoms with E-state index in [2.05, 4.69) is 40.0 Å². The average molecular weight is 381 g/mol. The molecule has 1 aromatic carbocycles. The number of anilines is 1. The van der Waals surface area contributed by atoms with Crippen molar-refractivity contribution >= 4 is 33.3 Å². The van der Waals surface area contributed by atoms with Crippen molar-refractivity contribution in [2.24, 2.45) is 0 Å². The Kier molecular flexibility index (Phi) is 5.34. The molecule has 1 saturated heterocycles. The molecule has 3 aromatic rings. The number of nitrogens with zero attached hydrogens (tertiary/aromatic N) is 4. The summed E-state index contributed by atoms with van der Waals surface area (Å²) >= 11 is 1.74. The molecule has 4 rings (SSSR count). The molecule has 0 unspecified atom stereocenters. The number of thiophene rings is 1. The molecule has 6 heteroatoms. The molecule has 0 saturated carbocycles. The number of aryl methyl sites for hydroxylation is 2. The van der Waals surface area contributed by atoms with E-state index in [0.29, 0.717) is 6.42 Å². The first kappa shape index (κ1) is 17.9. The van der Waals surface area contributed by atoms with Crippen molar-refractivity contribution in [3.8, 4) is 0 Å². The number of carbonyl (C=O) groups is 1. The standard InChI is InChI=1S/C21H24N4OS/c1-2-17-14-18-20(22-15-23-21(18)27-17)25-12-10-24(11-13-25)19(26)9-8-16-6-4-3-5-7-16/h3-7,14-15H,2,8-13H2,1H3. The summed E-state index contributed by atoms with van der Waals surface area (Å²) in [5, 5.41) is 1.14. The summed E-state index contributed by atoms with van der Waals surface area (Å²) in [5.41, 5.74) is 1.22. The van der Waals surface area contributed by atoms with Gasteiger partial charge in [0.25, 0.3) is 0 Å². The summed E-state index contributed by atoms with van der Waals surface area (Å²) in [6, 6.07) is 12.4. The number of hydrogen-bond donors (Lipinski definition) is 0. The summed E-state index contributed by atoms with van der Waals surface area (Å²) in [7, 11) is 0. The fourth-order valence-electron chi connectivity index (χ4n) is 3.54. The van der Waals surface area contributed by atoms with Gasteiger partial charge in [-0.05, 0) is 24.5 Å². The number of fused-ring (bicyclic) bond motifs is 1. The monoisotopic (exact) mass is 380 g/mol. The topological polar surface area (TPSA) is 49.3 Å². The van der Waals surface area contributed by atoms with Gasteiger partial charge in [0.05, 0.1) is 5.39 Å². The summed E-state index contributed by atoms with van der Waals surface area (Å²) in [4.78, 5) is 28.2. The van der Waals surface area contributed by atoms with Crippen LogP contribution in [0.5, 0.6) is 0 Å². The fourth-order valence-corrected chi connectivity index (χ4v) is 4.47. The van der Waals surface area contributed by atoms with Crippen molar-refractivity contribution in [3.05, 3.63) is 53.2 Å². The van der Waals surface area contributed by atoms with Gasteiger partial charge >= 0.3 is 0 Å². The largest absolute Gasteiger partial charge is 0.352 e. The number of hydrogen-bond acceptors (Lipinski definition) is 5. The predicted octanol–water partition coefficient (Wildman–Crippen LogP) is 3.54. The van der Waals surface area contributed by atoms with E-state index in [1.807, 2.05) is 23.1 Å². The van der Waals surface area contributed by atoms with Gasteiger partial charge in [-0.15, -0.1) is 11.3 Å². The summed E-state index contributed by atoms with van der Waals surface area (Å²) < 4.78 is 0. The van der Waals surface area contributed by atoms with Crippen LogP contribution in [0.1, 0.15) is 23.8 Å². The van der Waals surface area contributed by atoms with Crippen molar-refractivity contribution in [3.63, 3.8) is 0 Å². The minimum Gasteiger partial charge on any atom is -0.352 e. The lowest BCUT2D eigenvalue weighted by Crippen LogP contribution is -2.49. The van der Waals surface area contributed by atoms with Gasteiger partial charge in [-0.25, -0.2) is 9.97 Å². The van der Waals surface area contributed by atoms with E-state index in [4.69, 9.17) is 0 Å². The third-order valence-corrected chi connectivity index (χ3v) is 6.30. The van der Waals surface area contributed by atoms with Crippen LogP contribution < -0.4 is 4.90 Å². The van der Waals surface area contributed by atoms with Crippen molar-refractivity contribution in [1.29, 1.82) is 0 Å². The number of piperazine rings is 1. The van der Waals surface area contributed by atoms with E-state index in [-0.39, 0.29) is 5.91 Å². The number of aromatic nitrogens is 2. The van der Waals surface area contributed by atoms with Crippen molar-refractivity contribution < 1.29 is 4.79 Å². The van der Waals surface area contributed by atoms with Crippen LogP contribution in [0.15, 0.2) is 42.7 Å². The molecule has 0 radical (unpaired) electrons. The van der Waals surface area contributed by atoms with Crippen LogP contribution in [0.3, 0.4) is 0 Å². The van der Waals surface area contributed by atoms with E-state index in [1.165, 1.54) is 10.4 Å². The fraction of sp³-hybridized carbons (Fsp3) is 0.381. The van der Waals surface area contributed by atoms with Crippen LogP contribution in [0.4, 0.5) is 5.82 Å². The van der Waals surface area contributed by atoms with Gasteiger partial charge in [-0.2, -0.15) is 0 Å². The Morgan fingerprint density at radius 1 is 1.11 bits per heavy atom. The second-order valence-corrected chi connectivity index (χ2v) is 7.95. The Balaban J connectivity index is 1.37. The first-order chi connectivity index (χ1) is 13.2. The SMILES string of the molecule is CCc1cc2c(N3CCN(C(=O)CCc4ccccc4)CC3)ncnc2s1. The highest BCUT2D eigenvalue weighted by Gasteiger charge is 2.23. The highest BCUT2D eigenvalue weighted by Crippen LogP contribution is 2.31. The molecular formula is C21H24N4OS. The number of benzene rings is 1. The molecule has 5 nitrogen and oxygen atoms in total. The lowest BCUT2D eigenvalue weighted by Gasteiger charge is -2.35. The molecule has 0 aliphatic carbocycles. The van der Waals surface area contributed by atoms with Crippen LogP contribution >= 0.6 is 11.3 Å². The smallest absolute Gasteiger partial charge is 0.223 e. The molecule has 1 aliphatic rings. The molecule has 0 bridgehead atoms. The molecule has 0 spiro atoms. The zero-order valence-corrected chi connectivity index (χ0v) is 16.4. The molecule has 0 N–H and O–H groups in total. The lowest BCUT2D eigenvalue weighted by atomic mass is 10.1. The minimum atomic E-state index is 0.246. The minimum absolute atomic E-state index is 0.246. The lowest BCUT2D eigenvalue weighted by molar-refractivity contribution is -0.131. The van der Waals surface area contributed by atoms with Crippen LogP contribution in [-0.4, -0.2) is 47.0 Å². The van der Waals surface area contributed by atoms with Gasteiger partial charge in [0.1, 0.15) is 17.0 Å². The van der Waals surface area contributed by atoms with E-state index in [1.54, 1.807) is 17.7 Å². The van der Waals surface area contributed by atoms with Gasteiger partial charge in [-0.3, -0.25) is 4.79 Å². The van der Waals surface area contributed by atoms with Crippen molar-refractivity contribution in [2.75, 3.05) is 31.1 Å². The summed E-state index contributed by atoms with van der Waals surface area (Å²) in [5.74, 6) is 1.25. The third kappa shape index (κ3) is 3.95. The van der Waals surface area contributed by atoms with Crippen LogP contribution in [0.2, 0.25) is 0 Å². The molecule has 1 aliphatic heterocycles. The van der Waals surface area contributed by atoms with E-state index < -0.39 is 0 Å². The summed E-state index contributed by atoms with van der Waals surface area (Å²) in [6.45, 7) is 5.31. The Morgan fingerprint density at radius 3 is 2.63 bits per heavy atom. The third-order valence-electron chi connectivity index (χ3n) is 5.11. The van der Waals surface area contributed by atoms with Gasteiger partial charge < -0.3 is 9.80 Å². The average Bonchev–Trinajstić information content (AvgIpc) is 3.16. The van der Waals surface area contributed by atoms with E-state index >= 15 is 0 Å². The molecule has 3 heterocycles. The molecule has 2 aromatic heterocycles. The van der Waals surface area contributed by atoms with E-state index in [0.717, 1.165) is 55.1 Å². The summed E-state index contributed by atoms with van der Waals surface area (Å²) in [6.07, 6.45) is 4.06. The van der Waals surface area contributed by atoms with Crippen molar-refractivity contribution in [2.45, 2.75) is 26.2 Å². The highest BCUT2D eigenvalue weighted by molar-refractivity contribution is 7.18. The van der Waals surface area contributed by atoms with Crippen molar-refractivity contribution in [1.82, 2.24) is 14.9 Å². The Morgan fingerprint density at radius 2 is 1.89 bits per heavy atom. The number of amides is 1. The Bertz CT molecular complexity index is 916. The molecule has 27 heavy (non-hydrogen) atoms. The molecule has 140 valence electrons. The molecule has 1 fully saturated rings. The Hall–Kier alpha value is -2.47. The quantitative estimate of drug-likeness (QED) is 0.679. The molecule has 0 atom stereocenters. The Labute approximate surface area is 163 Å². The van der Waals surface area contributed by atoms with Crippen LogP contribution in [-0.2, 0) is 17.6 Å². The molecule has 1 amide bonds. The zero-order valence-electron chi connectivity index (χ0n) is 15.6. The van der Waals surface area contributed by atoms with Crippen LogP contribution in [0, 0.1) is 0 Å². The maximum Gasteiger partial charge on any atom is 0.223 e. The number of rotatable bonds is 5. The maximum atomic E-state index is 12.6. The van der Waals surface area contributed by atoms with Gasteiger partial charge in [-0.1, -0.05) is 37.3 Å². The molecular weight excluding hydrogens is 356 g/mol. The normalized spacial score (nSPS) is 14.7.